The number of rotatable bonds is 4. The second kappa shape index (κ2) is 5.59. The number of hydrogen-bond donors (Lipinski definition) is 2. The lowest BCUT2D eigenvalue weighted by atomic mass is 9.93. The van der Waals surface area contributed by atoms with Crippen molar-refractivity contribution in [2.75, 3.05) is 13.2 Å². The molecule has 0 bridgehead atoms. The van der Waals surface area contributed by atoms with Gasteiger partial charge in [0.05, 0.1) is 6.61 Å². The van der Waals surface area contributed by atoms with Crippen molar-refractivity contribution in [1.82, 2.24) is 10.3 Å². The van der Waals surface area contributed by atoms with Crippen molar-refractivity contribution in [2.45, 2.75) is 18.9 Å². The van der Waals surface area contributed by atoms with Gasteiger partial charge in [0, 0.05) is 30.1 Å². The molecule has 0 spiro atoms. The average Bonchev–Trinajstić information content (AvgIpc) is 2.85. The zero-order chi connectivity index (χ0) is 13.1. The Kier molecular flexibility index (Phi) is 3.66. The normalized spacial score (nSPS) is 17.8. The number of thiazole rings is 1. The van der Waals surface area contributed by atoms with Crippen molar-refractivity contribution < 1.29 is 4.74 Å². The summed E-state index contributed by atoms with van der Waals surface area (Å²) < 4.78 is 5.65. The summed E-state index contributed by atoms with van der Waals surface area (Å²) in [5.74, 6) is 1.49. The monoisotopic (exact) mass is 276 g/mol. The van der Waals surface area contributed by atoms with Crippen LogP contribution in [0.5, 0.6) is 5.75 Å². The van der Waals surface area contributed by atoms with Crippen molar-refractivity contribution in [3.05, 3.63) is 50.6 Å². The van der Waals surface area contributed by atoms with Crippen molar-refractivity contribution in [1.29, 1.82) is 0 Å². The van der Waals surface area contributed by atoms with Crippen molar-refractivity contribution >= 4 is 11.3 Å². The first-order chi connectivity index (χ1) is 9.33. The summed E-state index contributed by atoms with van der Waals surface area (Å²) in [6.07, 6.45) is 1.03. The Hall–Kier alpha value is -1.59. The lowest BCUT2D eigenvalue weighted by molar-refractivity contribution is 0.264. The van der Waals surface area contributed by atoms with Gasteiger partial charge in [0.1, 0.15) is 5.75 Å². The number of aromatic nitrogens is 1. The molecule has 0 saturated carbocycles. The summed E-state index contributed by atoms with van der Waals surface area (Å²) in [6.45, 7) is 2.38. The average molecular weight is 276 g/mol. The standard InChI is InChI=1S/C14H16N2O2S/c17-14-16-11(9-19-14)8-15-7-10-5-6-18-13-4-2-1-3-12(10)13/h1-4,9-10,15H,5-8H2,(H,16,17). The van der Waals surface area contributed by atoms with Gasteiger partial charge in [0.2, 0.25) is 0 Å². The summed E-state index contributed by atoms with van der Waals surface area (Å²) in [6, 6.07) is 8.22. The molecule has 1 aromatic carbocycles. The Balaban J connectivity index is 1.60. The highest BCUT2D eigenvalue weighted by Gasteiger charge is 2.20. The molecule has 0 radical (unpaired) electrons. The fourth-order valence-corrected chi connectivity index (χ4v) is 2.99. The smallest absolute Gasteiger partial charge is 0.304 e. The Morgan fingerprint density at radius 2 is 2.32 bits per heavy atom. The number of benzene rings is 1. The second-order valence-corrected chi connectivity index (χ2v) is 5.52. The van der Waals surface area contributed by atoms with Gasteiger partial charge in [0.15, 0.2) is 0 Å². The minimum Gasteiger partial charge on any atom is -0.493 e. The summed E-state index contributed by atoms with van der Waals surface area (Å²) in [5, 5.41) is 5.27. The third-order valence-corrected chi connectivity index (χ3v) is 4.08. The third-order valence-electron chi connectivity index (χ3n) is 3.36. The van der Waals surface area contributed by atoms with Crippen LogP contribution >= 0.6 is 11.3 Å². The van der Waals surface area contributed by atoms with Crippen molar-refractivity contribution in [3.8, 4) is 5.75 Å². The highest BCUT2D eigenvalue weighted by Crippen LogP contribution is 2.32. The first kappa shape index (κ1) is 12.4. The molecule has 4 nitrogen and oxygen atoms in total. The van der Waals surface area contributed by atoms with Gasteiger partial charge in [0.25, 0.3) is 0 Å². The van der Waals surface area contributed by atoms with Crippen LogP contribution in [0.1, 0.15) is 23.6 Å². The number of nitrogens with one attached hydrogen (secondary N) is 2. The second-order valence-electron chi connectivity index (χ2n) is 4.68. The van der Waals surface area contributed by atoms with E-state index in [1.807, 2.05) is 17.5 Å². The molecule has 100 valence electrons. The fraction of sp³-hybridized carbons (Fsp3) is 0.357. The van der Waals surface area contributed by atoms with Crippen LogP contribution in [0.2, 0.25) is 0 Å². The van der Waals surface area contributed by atoms with Crippen molar-refractivity contribution in [3.63, 3.8) is 0 Å². The van der Waals surface area contributed by atoms with Crippen LogP contribution < -0.4 is 14.9 Å². The van der Waals surface area contributed by atoms with Crippen LogP contribution in [0, 0.1) is 0 Å². The Labute approximate surface area is 115 Å². The van der Waals surface area contributed by atoms with Crippen LogP contribution in [-0.2, 0) is 6.54 Å². The van der Waals surface area contributed by atoms with E-state index in [2.05, 4.69) is 22.4 Å². The predicted octanol–water partition coefficient (Wildman–Crippen LogP) is 2.09. The van der Waals surface area contributed by atoms with Crippen LogP contribution in [-0.4, -0.2) is 18.1 Å². The molecule has 2 N–H and O–H groups in total. The maximum atomic E-state index is 11.0. The summed E-state index contributed by atoms with van der Waals surface area (Å²) in [5.41, 5.74) is 2.23. The Bertz CT molecular complexity index is 605. The van der Waals surface area contributed by atoms with Crippen molar-refractivity contribution in [2.24, 2.45) is 0 Å². The largest absolute Gasteiger partial charge is 0.493 e. The van der Waals surface area contributed by atoms with E-state index in [4.69, 9.17) is 4.74 Å². The van der Waals surface area contributed by atoms with E-state index in [1.165, 1.54) is 16.9 Å². The first-order valence-electron chi connectivity index (χ1n) is 6.42. The number of ether oxygens (including phenoxy) is 1. The maximum absolute atomic E-state index is 11.0. The highest BCUT2D eigenvalue weighted by atomic mass is 32.1. The fourth-order valence-electron chi connectivity index (χ4n) is 2.41. The number of para-hydroxylation sites is 1. The van der Waals surface area contributed by atoms with Gasteiger partial charge in [-0.25, -0.2) is 0 Å². The molecule has 3 rings (SSSR count). The van der Waals surface area contributed by atoms with E-state index in [0.717, 1.165) is 31.0 Å². The molecule has 1 aliphatic rings. The van der Waals surface area contributed by atoms with Gasteiger partial charge >= 0.3 is 4.87 Å². The molecule has 1 unspecified atom stereocenters. The van der Waals surface area contributed by atoms with Gasteiger partial charge in [-0.05, 0) is 18.1 Å². The summed E-state index contributed by atoms with van der Waals surface area (Å²) in [7, 11) is 0. The molecule has 1 atom stereocenters. The van der Waals surface area contributed by atoms with Crippen LogP contribution in [0.25, 0.3) is 0 Å². The van der Waals surface area contributed by atoms with E-state index >= 15 is 0 Å². The van der Waals surface area contributed by atoms with Gasteiger partial charge in [-0.2, -0.15) is 0 Å². The Morgan fingerprint density at radius 3 is 3.16 bits per heavy atom. The SMILES string of the molecule is O=c1[nH]c(CNCC2CCOc3ccccc32)cs1. The van der Waals surface area contributed by atoms with E-state index in [-0.39, 0.29) is 4.87 Å². The molecular formula is C14H16N2O2S. The van der Waals surface area contributed by atoms with E-state index < -0.39 is 0 Å². The Morgan fingerprint density at radius 1 is 1.42 bits per heavy atom. The molecule has 0 fully saturated rings. The zero-order valence-corrected chi connectivity index (χ0v) is 11.3. The number of fused-ring (bicyclic) bond motifs is 1. The minimum atomic E-state index is 0.00760. The molecule has 1 aromatic heterocycles. The molecular weight excluding hydrogens is 260 g/mol. The molecule has 0 saturated heterocycles. The quantitative estimate of drug-likeness (QED) is 0.899. The molecule has 2 aromatic rings. The molecule has 1 aliphatic heterocycles. The molecule has 19 heavy (non-hydrogen) atoms. The predicted molar refractivity (Wildman–Crippen MR) is 75.9 cm³/mol. The number of aromatic amines is 1. The third kappa shape index (κ3) is 2.88. The van der Waals surface area contributed by atoms with Crippen LogP contribution in [0.4, 0.5) is 0 Å². The molecule has 0 amide bonds. The zero-order valence-electron chi connectivity index (χ0n) is 10.5. The highest BCUT2D eigenvalue weighted by molar-refractivity contribution is 7.07. The van der Waals surface area contributed by atoms with E-state index in [0.29, 0.717) is 12.5 Å². The van der Waals surface area contributed by atoms with Crippen LogP contribution in [0.3, 0.4) is 0 Å². The maximum Gasteiger partial charge on any atom is 0.304 e. The lowest BCUT2D eigenvalue weighted by Gasteiger charge is -2.26. The first-order valence-corrected chi connectivity index (χ1v) is 7.30. The molecule has 5 heteroatoms. The van der Waals surface area contributed by atoms with Gasteiger partial charge in [-0.1, -0.05) is 29.5 Å². The van der Waals surface area contributed by atoms with Gasteiger partial charge in [-0.15, -0.1) is 0 Å². The lowest BCUT2D eigenvalue weighted by Crippen LogP contribution is -2.25. The molecule has 2 heterocycles. The minimum absolute atomic E-state index is 0.00760. The van der Waals surface area contributed by atoms with E-state index in [1.54, 1.807) is 0 Å². The topological polar surface area (TPSA) is 54.1 Å². The summed E-state index contributed by atoms with van der Waals surface area (Å²) >= 11 is 1.21. The van der Waals surface area contributed by atoms with Crippen LogP contribution in [0.15, 0.2) is 34.4 Å². The van der Waals surface area contributed by atoms with Gasteiger partial charge in [-0.3, -0.25) is 4.79 Å². The molecule has 0 aliphatic carbocycles. The number of H-pyrrole nitrogens is 1. The van der Waals surface area contributed by atoms with E-state index in [9.17, 15) is 4.79 Å². The summed E-state index contributed by atoms with van der Waals surface area (Å²) in [4.78, 5) is 13.9. The number of hydrogen-bond acceptors (Lipinski definition) is 4. The van der Waals surface area contributed by atoms with Gasteiger partial charge < -0.3 is 15.0 Å².